The molecule has 7 nitrogen and oxygen atoms in total. The number of ether oxygens (including phenoxy) is 1. The van der Waals surface area contributed by atoms with E-state index in [-0.39, 0.29) is 5.91 Å². The number of aromatic nitrogens is 4. The molecule has 2 aromatic heterocycles. The van der Waals surface area contributed by atoms with Crippen LogP contribution in [0.5, 0.6) is 5.75 Å². The minimum atomic E-state index is -0.179. The van der Waals surface area contributed by atoms with Gasteiger partial charge in [0.2, 0.25) is 4.96 Å². The zero-order valence-electron chi connectivity index (χ0n) is 18.9. The van der Waals surface area contributed by atoms with Gasteiger partial charge in [-0.05, 0) is 48.4 Å². The van der Waals surface area contributed by atoms with Crippen LogP contribution >= 0.6 is 11.3 Å². The molecule has 34 heavy (non-hydrogen) atoms. The van der Waals surface area contributed by atoms with Crippen molar-refractivity contribution < 1.29 is 9.53 Å². The van der Waals surface area contributed by atoms with Crippen molar-refractivity contribution >= 4 is 27.9 Å². The Morgan fingerprint density at radius 3 is 2.59 bits per heavy atom. The fraction of sp³-hybridized carbons (Fsp3) is 0.154. The van der Waals surface area contributed by atoms with Gasteiger partial charge in [0, 0.05) is 23.2 Å². The molecule has 5 aromatic rings. The van der Waals surface area contributed by atoms with E-state index in [2.05, 4.69) is 20.6 Å². The fourth-order valence-electron chi connectivity index (χ4n) is 3.52. The molecule has 0 bridgehead atoms. The summed E-state index contributed by atoms with van der Waals surface area (Å²) in [6, 6.07) is 23.1. The highest BCUT2D eigenvalue weighted by atomic mass is 32.1. The lowest BCUT2D eigenvalue weighted by Crippen LogP contribution is -2.12. The molecule has 0 saturated carbocycles. The predicted molar refractivity (Wildman–Crippen MR) is 133 cm³/mol. The quantitative estimate of drug-likeness (QED) is 0.338. The number of aryl methyl sites for hydroxylation is 2. The molecule has 0 spiro atoms. The smallest absolute Gasteiger partial charge is 0.255 e. The van der Waals surface area contributed by atoms with Crippen LogP contribution in [0.2, 0.25) is 0 Å². The third-order valence-corrected chi connectivity index (χ3v) is 6.42. The van der Waals surface area contributed by atoms with Crippen LogP contribution < -0.4 is 10.1 Å². The number of amides is 1. The molecule has 170 valence electrons. The van der Waals surface area contributed by atoms with Gasteiger partial charge in [-0.3, -0.25) is 4.79 Å². The topological polar surface area (TPSA) is 81.4 Å². The molecule has 0 saturated heterocycles. The van der Waals surface area contributed by atoms with E-state index in [4.69, 9.17) is 4.74 Å². The van der Waals surface area contributed by atoms with Crippen LogP contribution in [0.1, 0.15) is 34.2 Å². The second kappa shape index (κ2) is 9.44. The van der Waals surface area contributed by atoms with Crippen LogP contribution in [-0.2, 0) is 13.0 Å². The van der Waals surface area contributed by atoms with Gasteiger partial charge in [0.1, 0.15) is 17.4 Å². The molecule has 1 amide bonds. The second-order valence-corrected chi connectivity index (χ2v) is 8.81. The first-order valence-electron chi connectivity index (χ1n) is 11.0. The lowest BCUT2D eigenvalue weighted by molar-refractivity contribution is 0.102. The number of rotatable bonds is 7. The lowest BCUT2D eigenvalue weighted by atomic mass is 10.1. The van der Waals surface area contributed by atoms with Gasteiger partial charge in [-0.1, -0.05) is 60.7 Å². The van der Waals surface area contributed by atoms with Gasteiger partial charge in [-0.15, -0.1) is 10.2 Å². The van der Waals surface area contributed by atoms with Crippen molar-refractivity contribution in [3.05, 3.63) is 95.3 Å². The Bertz CT molecular complexity index is 1440. The highest BCUT2D eigenvalue weighted by Crippen LogP contribution is 2.29. The molecule has 1 N–H and O–H groups in total. The van der Waals surface area contributed by atoms with Gasteiger partial charge in [0.05, 0.1) is 0 Å². The van der Waals surface area contributed by atoms with Gasteiger partial charge in [0.25, 0.3) is 5.91 Å². The van der Waals surface area contributed by atoms with E-state index in [9.17, 15) is 4.79 Å². The lowest BCUT2D eigenvalue weighted by Gasteiger charge is -2.11. The van der Waals surface area contributed by atoms with E-state index in [0.29, 0.717) is 17.9 Å². The van der Waals surface area contributed by atoms with Gasteiger partial charge in [-0.25, -0.2) is 0 Å². The summed E-state index contributed by atoms with van der Waals surface area (Å²) >= 11 is 1.47. The number of nitrogens with one attached hydrogen (secondary N) is 1. The minimum absolute atomic E-state index is 0.179. The zero-order valence-corrected chi connectivity index (χ0v) is 19.7. The molecule has 5 rings (SSSR count). The van der Waals surface area contributed by atoms with Gasteiger partial charge >= 0.3 is 0 Å². The van der Waals surface area contributed by atoms with Crippen molar-refractivity contribution in [3.63, 3.8) is 0 Å². The highest BCUT2D eigenvalue weighted by molar-refractivity contribution is 7.19. The molecule has 0 unspecified atom stereocenters. The van der Waals surface area contributed by atoms with Gasteiger partial charge < -0.3 is 10.1 Å². The Balaban J connectivity index is 1.29. The maximum absolute atomic E-state index is 12.9. The van der Waals surface area contributed by atoms with Gasteiger partial charge in [-0.2, -0.15) is 9.61 Å². The number of fused-ring (bicyclic) bond motifs is 1. The predicted octanol–water partition coefficient (Wildman–Crippen LogP) is 5.55. The zero-order chi connectivity index (χ0) is 23.5. The first kappa shape index (κ1) is 21.8. The van der Waals surface area contributed by atoms with Crippen molar-refractivity contribution in [1.82, 2.24) is 19.8 Å². The van der Waals surface area contributed by atoms with E-state index < -0.39 is 0 Å². The van der Waals surface area contributed by atoms with Gasteiger partial charge in [0.15, 0.2) is 5.82 Å². The summed E-state index contributed by atoms with van der Waals surface area (Å²) in [6.07, 6.45) is 0.760. The molecule has 0 atom stereocenters. The number of carbonyl (C=O) groups is 1. The maximum Gasteiger partial charge on any atom is 0.255 e. The monoisotopic (exact) mass is 469 g/mol. The van der Waals surface area contributed by atoms with E-state index in [0.717, 1.165) is 44.6 Å². The summed E-state index contributed by atoms with van der Waals surface area (Å²) in [5.41, 5.74) is 4.28. The Labute approximate surface area is 201 Å². The second-order valence-electron chi connectivity index (χ2n) is 7.85. The Hall–Kier alpha value is -4.04. The average molecular weight is 470 g/mol. The van der Waals surface area contributed by atoms with Crippen LogP contribution in [0.15, 0.2) is 72.8 Å². The fourth-order valence-corrected chi connectivity index (χ4v) is 4.38. The highest BCUT2D eigenvalue weighted by Gasteiger charge is 2.14. The van der Waals surface area contributed by atoms with Crippen molar-refractivity contribution in [3.8, 4) is 16.3 Å². The summed E-state index contributed by atoms with van der Waals surface area (Å²) in [5.74, 6) is 1.36. The van der Waals surface area contributed by atoms with Crippen molar-refractivity contribution in [2.45, 2.75) is 26.9 Å². The molecule has 3 aromatic carbocycles. The number of nitrogens with zero attached hydrogens (tertiary/aromatic N) is 4. The number of benzene rings is 3. The van der Waals surface area contributed by atoms with Crippen LogP contribution in [0, 0.1) is 6.92 Å². The number of carbonyl (C=O) groups excluding carboxylic acids is 1. The van der Waals surface area contributed by atoms with Crippen molar-refractivity contribution in [1.29, 1.82) is 0 Å². The number of anilines is 1. The summed E-state index contributed by atoms with van der Waals surface area (Å²) in [5, 5.41) is 16.8. The largest absolute Gasteiger partial charge is 0.489 e. The molecule has 8 heteroatoms. The van der Waals surface area contributed by atoms with E-state index in [1.807, 2.05) is 74.5 Å². The molecular weight excluding hydrogens is 446 g/mol. The van der Waals surface area contributed by atoms with Crippen LogP contribution in [0.25, 0.3) is 15.5 Å². The Kier molecular flexibility index (Phi) is 6.05. The first-order chi connectivity index (χ1) is 16.6. The molecule has 0 aliphatic heterocycles. The molecule has 0 fully saturated rings. The average Bonchev–Trinajstić information content (AvgIpc) is 3.46. The first-order valence-corrected chi connectivity index (χ1v) is 11.8. The van der Waals surface area contributed by atoms with Crippen LogP contribution in [-0.4, -0.2) is 25.7 Å². The van der Waals surface area contributed by atoms with E-state index >= 15 is 0 Å². The maximum atomic E-state index is 12.9. The Morgan fingerprint density at radius 2 is 1.82 bits per heavy atom. The third-order valence-electron chi connectivity index (χ3n) is 5.47. The van der Waals surface area contributed by atoms with E-state index in [1.54, 1.807) is 16.6 Å². The molecule has 0 aliphatic carbocycles. The summed E-state index contributed by atoms with van der Waals surface area (Å²) in [4.78, 5) is 13.7. The summed E-state index contributed by atoms with van der Waals surface area (Å²) in [7, 11) is 0. The summed E-state index contributed by atoms with van der Waals surface area (Å²) in [6.45, 7) is 4.47. The standard InChI is InChI=1S/C26H23N5O2S/c1-3-23-28-29-26-31(23)30-25(34-26)20-10-9-17(2)22(15-20)27-24(32)19-11-13-21(14-12-19)33-16-18-7-5-4-6-8-18/h4-15H,3,16H2,1-2H3,(H,27,32). The number of hydrogen-bond donors (Lipinski definition) is 1. The third kappa shape index (κ3) is 4.53. The Morgan fingerprint density at radius 1 is 1.03 bits per heavy atom. The van der Waals surface area contributed by atoms with Crippen LogP contribution in [0.4, 0.5) is 5.69 Å². The molecule has 0 radical (unpaired) electrons. The number of hydrogen-bond acceptors (Lipinski definition) is 6. The van der Waals surface area contributed by atoms with Crippen molar-refractivity contribution in [2.24, 2.45) is 0 Å². The molecule has 2 heterocycles. The molecule has 0 aliphatic rings. The SMILES string of the molecule is CCc1nnc2sc(-c3ccc(C)c(NC(=O)c4ccc(OCc5ccccc5)cc4)c3)nn12. The normalized spacial score (nSPS) is 11.0. The van der Waals surface area contributed by atoms with E-state index in [1.165, 1.54) is 11.3 Å². The minimum Gasteiger partial charge on any atom is -0.489 e. The molecular formula is C26H23N5O2S. The summed E-state index contributed by atoms with van der Waals surface area (Å²) < 4.78 is 7.59. The van der Waals surface area contributed by atoms with Crippen molar-refractivity contribution in [2.75, 3.05) is 5.32 Å². The van der Waals surface area contributed by atoms with Crippen LogP contribution in [0.3, 0.4) is 0 Å².